The van der Waals surface area contributed by atoms with Crippen LogP contribution in [-0.4, -0.2) is 26.4 Å². The number of para-hydroxylation sites is 1. The lowest BCUT2D eigenvalue weighted by molar-refractivity contribution is -0.117. The first-order valence-electron chi connectivity index (χ1n) is 6.33. The van der Waals surface area contributed by atoms with Crippen molar-refractivity contribution in [3.05, 3.63) is 24.3 Å². The molecule has 7 heteroatoms. The van der Waals surface area contributed by atoms with Crippen molar-refractivity contribution in [2.24, 2.45) is 5.73 Å². The molecule has 0 aliphatic heterocycles. The minimum absolute atomic E-state index is 0.0463. The van der Waals surface area contributed by atoms with Crippen LogP contribution >= 0.6 is 0 Å². The van der Waals surface area contributed by atoms with Crippen molar-refractivity contribution in [1.82, 2.24) is 4.72 Å². The van der Waals surface area contributed by atoms with Crippen LogP contribution < -0.4 is 15.8 Å². The number of benzene rings is 1. The molecule has 0 unspecified atom stereocenters. The van der Waals surface area contributed by atoms with E-state index in [-0.39, 0.29) is 29.5 Å². The Morgan fingerprint density at radius 1 is 1.30 bits per heavy atom. The van der Waals surface area contributed by atoms with Gasteiger partial charge in [0.1, 0.15) is 4.90 Å². The lowest BCUT2D eigenvalue weighted by Crippen LogP contribution is -2.36. The number of hydrogen-bond donors (Lipinski definition) is 3. The Hall–Kier alpha value is -1.44. The Morgan fingerprint density at radius 2 is 1.90 bits per heavy atom. The highest BCUT2D eigenvalue weighted by Crippen LogP contribution is 2.21. The average Bonchev–Trinajstić information content (AvgIpc) is 2.26. The monoisotopic (exact) mass is 299 g/mol. The molecule has 4 N–H and O–H groups in total. The Balaban J connectivity index is 3.00. The largest absolute Gasteiger partial charge is 0.325 e. The van der Waals surface area contributed by atoms with Crippen molar-refractivity contribution >= 4 is 21.6 Å². The summed E-state index contributed by atoms with van der Waals surface area (Å²) in [7, 11) is -3.63. The quantitative estimate of drug-likeness (QED) is 0.730. The molecular weight excluding hydrogens is 278 g/mol. The normalized spacial score (nSPS) is 12.2. The molecule has 0 spiro atoms. The van der Waals surface area contributed by atoms with Gasteiger partial charge in [0, 0.05) is 18.5 Å². The standard InChI is InChI=1S/C13H21N3O3S/c1-4-15-20(18,19)11-8-6-5-7-10(11)16-12(17)9-13(2,3)14/h5-8,15H,4,9,14H2,1-3H3,(H,16,17). The number of sulfonamides is 1. The third-order valence-corrected chi connectivity index (χ3v) is 4.00. The molecule has 0 saturated heterocycles. The van der Waals surface area contributed by atoms with E-state index in [0.29, 0.717) is 0 Å². The third-order valence-electron chi connectivity index (χ3n) is 2.40. The molecule has 1 aromatic rings. The summed E-state index contributed by atoms with van der Waals surface area (Å²) < 4.78 is 26.5. The fourth-order valence-electron chi connectivity index (χ4n) is 1.68. The van der Waals surface area contributed by atoms with Gasteiger partial charge in [0.05, 0.1) is 5.69 Å². The number of nitrogens with one attached hydrogen (secondary N) is 2. The Labute approximate surface area is 119 Å². The number of amides is 1. The number of rotatable bonds is 6. The Bertz CT molecular complexity index is 577. The van der Waals surface area contributed by atoms with E-state index in [1.165, 1.54) is 6.07 Å². The molecular formula is C13H21N3O3S. The molecule has 0 saturated carbocycles. The second-order valence-corrected chi connectivity index (χ2v) is 6.95. The Kier molecular flexibility index (Phi) is 5.27. The van der Waals surface area contributed by atoms with Gasteiger partial charge in [-0.2, -0.15) is 0 Å². The minimum atomic E-state index is -3.63. The summed E-state index contributed by atoms with van der Waals surface area (Å²) >= 11 is 0. The van der Waals surface area contributed by atoms with Gasteiger partial charge in [-0.3, -0.25) is 4.79 Å². The minimum Gasteiger partial charge on any atom is -0.325 e. The van der Waals surface area contributed by atoms with E-state index in [2.05, 4.69) is 10.0 Å². The van der Waals surface area contributed by atoms with Gasteiger partial charge < -0.3 is 11.1 Å². The van der Waals surface area contributed by atoms with Crippen molar-refractivity contribution in [3.8, 4) is 0 Å². The van der Waals surface area contributed by atoms with Crippen LogP contribution in [0.4, 0.5) is 5.69 Å². The van der Waals surface area contributed by atoms with Crippen molar-refractivity contribution in [2.45, 2.75) is 37.6 Å². The zero-order chi connectivity index (χ0) is 15.4. The van der Waals surface area contributed by atoms with Crippen LogP contribution in [0.1, 0.15) is 27.2 Å². The van der Waals surface area contributed by atoms with Gasteiger partial charge in [0.15, 0.2) is 0 Å². The van der Waals surface area contributed by atoms with Crippen LogP contribution in [0.3, 0.4) is 0 Å². The highest BCUT2D eigenvalue weighted by molar-refractivity contribution is 7.89. The van der Waals surface area contributed by atoms with Gasteiger partial charge >= 0.3 is 0 Å². The maximum absolute atomic E-state index is 12.0. The maximum Gasteiger partial charge on any atom is 0.242 e. The molecule has 0 radical (unpaired) electrons. The van der Waals surface area contributed by atoms with Gasteiger partial charge in [-0.05, 0) is 26.0 Å². The molecule has 20 heavy (non-hydrogen) atoms. The summed E-state index contributed by atoms with van der Waals surface area (Å²) in [5.41, 5.74) is 5.37. The summed E-state index contributed by atoms with van der Waals surface area (Å²) in [6.07, 6.45) is 0.0998. The number of carbonyl (C=O) groups excluding carboxylic acids is 1. The van der Waals surface area contributed by atoms with Crippen molar-refractivity contribution < 1.29 is 13.2 Å². The summed E-state index contributed by atoms with van der Waals surface area (Å²) in [4.78, 5) is 11.9. The van der Waals surface area contributed by atoms with Crippen LogP contribution in [0, 0.1) is 0 Å². The molecule has 112 valence electrons. The van der Waals surface area contributed by atoms with Crippen molar-refractivity contribution in [1.29, 1.82) is 0 Å². The van der Waals surface area contributed by atoms with E-state index in [1.54, 1.807) is 39.0 Å². The van der Waals surface area contributed by atoms with Gasteiger partial charge in [0.2, 0.25) is 15.9 Å². The first-order valence-corrected chi connectivity index (χ1v) is 7.81. The van der Waals surface area contributed by atoms with Crippen LogP contribution in [0.25, 0.3) is 0 Å². The highest BCUT2D eigenvalue weighted by atomic mass is 32.2. The number of carbonyl (C=O) groups is 1. The second-order valence-electron chi connectivity index (χ2n) is 5.21. The zero-order valence-electron chi connectivity index (χ0n) is 11.9. The summed E-state index contributed by atoms with van der Waals surface area (Å²) in [5, 5.41) is 2.59. The van der Waals surface area contributed by atoms with E-state index in [1.807, 2.05) is 0 Å². The molecule has 6 nitrogen and oxygen atoms in total. The Morgan fingerprint density at radius 3 is 2.45 bits per heavy atom. The molecule has 0 heterocycles. The van der Waals surface area contributed by atoms with Crippen molar-refractivity contribution in [3.63, 3.8) is 0 Å². The fourth-order valence-corrected chi connectivity index (χ4v) is 2.88. The van der Waals surface area contributed by atoms with E-state index in [9.17, 15) is 13.2 Å². The van der Waals surface area contributed by atoms with Gasteiger partial charge in [0.25, 0.3) is 0 Å². The van der Waals surface area contributed by atoms with Crippen LogP contribution in [0.2, 0.25) is 0 Å². The number of anilines is 1. The molecule has 0 fully saturated rings. The first kappa shape index (κ1) is 16.6. The number of nitrogens with two attached hydrogens (primary N) is 1. The second kappa shape index (κ2) is 6.34. The molecule has 0 aromatic heterocycles. The molecule has 1 amide bonds. The zero-order valence-corrected chi connectivity index (χ0v) is 12.8. The highest BCUT2D eigenvalue weighted by Gasteiger charge is 2.21. The van der Waals surface area contributed by atoms with Gasteiger partial charge in [-0.25, -0.2) is 13.1 Å². The molecule has 0 bridgehead atoms. The lowest BCUT2D eigenvalue weighted by atomic mass is 10.0. The first-order chi connectivity index (χ1) is 9.15. The third kappa shape index (κ3) is 4.92. The van der Waals surface area contributed by atoms with E-state index < -0.39 is 15.6 Å². The van der Waals surface area contributed by atoms with Crippen LogP contribution in [0.5, 0.6) is 0 Å². The molecule has 0 aliphatic rings. The van der Waals surface area contributed by atoms with Gasteiger partial charge in [-0.1, -0.05) is 19.1 Å². The smallest absolute Gasteiger partial charge is 0.242 e. The van der Waals surface area contributed by atoms with E-state index in [0.717, 1.165) is 0 Å². The van der Waals surface area contributed by atoms with E-state index in [4.69, 9.17) is 5.73 Å². The molecule has 0 atom stereocenters. The predicted octanol–water partition coefficient (Wildman–Crippen LogP) is 1.05. The topological polar surface area (TPSA) is 101 Å². The van der Waals surface area contributed by atoms with Gasteiger partial charge in [-0.15, -0.1) is 0 Å². The molecule has 1 rings (SSSR count). The fraction of sp³-hybridized carbons (Fsp3) is 0.462. The van der Waals surface area contributed by atoms with E-state index >= 15 is 0 Å². The average molecular weight is 299 g/mol. The van der Waals surface area contributed by atoms with Crippen LogP contribution in [0.15, 0.2) is 29.2 Å². The maximum atomic E-state index is 12.0. The number of hydrogen-bond acceptors (Lipinski definition) is 4. The predicted molar refractivity (Wildman–Crippen MR) is 78.8 cm³/mol. The van der Waals surface area contributed by atoms with Crippen LogP contribution in [-0.2, 0) is 14.8 Å². The summed E-state index contributed by atoms with van der Waals surface area (Å²) in [5.74, 6) is -0.323. The summed E-state index contributed by atoms with van der Waals surface area (Å²) in [6.45, 7) is 5.43. The molecule has 0 aliphatic carbocycles. The summed E-state index contributed by atoms with van der Waals surface area (Å²) in [6, 6.07) is 6.26. The lowest BCUT2D eigenvalue weighted by Gasteiger charge is -2.18. The SMILES string of the molecule is CCNS(=O)(=O)c1ccccc1NC(=O)CC(C)(C)N. The molecule has 1 aromatic carbocycles. The van der Waals surface area contributed by atoms with Crippen molar-refractivity contribution in [2.75, 3.05) is 11.9 Å².